The average Bonchev–Trinajstić information content (AvgIpc) is 3.19. The Kier molecular flexibility index (Phi) is 5.03. The van der Waals surface area contributed by atoms with Crippen molar-refractivity contribution in [2.45, 2.75) is 25.0 Å². The second kappa shape index (κ2) is 7.60. The molecule has 2 aliphatic rings. The topological polar surface area (TPSA) is 67.9 Å². The van der Waals surface area contributed by atoms with E-state index < -0.39 is 12.1 Å². The van der Waals surface area contributed by atoms with E-state index in [0.717, 1.165) is 10.9 Å². The van der Waals surface area contributed by atoms with Crippen LogP contribution in [-0.4, -0.2) is 42.0 Å². The summed E-state index contributed by atoms with van der Waals surface area (Å²) < 4.78 is 12.4. The van der Waals surface area contributed by atoms with Crippen LogP contribution in [0.25, 0.3) is 0 Å². The number of para-hydroxylation sites is 2. The Morgan fingerprint density at radius 3 is 2.59 bits per heavy atom. The highest BCUT2D eigenvalue weighted by Gasteiger charge is 2.39. The molecule has 27 heavy (non-hydrogen) atoms. The van der Waals surface area contributed by atoms with Gasteiger partial charge in [-0.3, -0.25) is 9.59 Å². The molecule has 6 nitrogen and oxygen atoms in total. The number of hydrogen-bond acceptors (Lipinski definition) is 4. The van der Waals surface area contributed by atoms with Crippen molar-refractivity contribution in [3.63, 3.8) is 0 Å². The molecule has 1 saturated heterocycles. The quantitative estimate of drug-likeness (QED) is 0.811. The van der Waals surface area contributed by atoms with Crippen LogP contribution in [0.5, 0.6) is 11.5 Å². The highest BCUT2D eigenvalue weighted by Crippen LogP contribution is 2.32. The molecule has 0 aliphatic carbocycles. The predicted octanol–water partition coefficient (Wildman–Crippen LogP) is 3.22. The highest BCUT2D eigenvalue weighted by atomic mass is 79.9. The van der Waals surface area contributed by atoms with Crippen molar-refractivity contribution in [1.29, 1.82) is 0 Å². The lowest BCUT2D eigenvalue weighted by molar-refractivity contribution is -0.145. The maximum Gasteiger partial charge on any atom is 0.267 e. The van der Waals surface area contributed by atoms with Gasteiger partial charge in [-0.1, -0.05) is 28.1 Å². The van der Waals surface area contributed by atoms with Crippen molar-refractivity contribution >= 4 is 33.4 Å². The monoisotopic (exact) mass is 430 g/mol. The molecule has 0 bridgehead atoms. The number of ether oxygens (including phenoxy) is 2. The Balaban J connectivity index is 1.44. The van der Waals surface area contributed by atoms with Gasteiger partial charge in [0.05, 0.1) is 0 Å². The third kappa shape index (κ3) is 3.78. The lowest BCUT2D eigenvalue weighted by Gasteiger charge is -2.31. The number of carbonyl (C=O) groups excluding carboxylic acids is 2. The molecule has 1 N–H and O–H groups in total. The molecule has 2 aromatic rings. The zero-order valence-corrected chi connectivity index (χ0v) is 16.1. The van der Waals surface area contributed by atoms with E-state index in [2.05, 4.69) is 21.2 Å². The number of rotatable bonds is 3. The molecule has 2 amide bonds. The Bertz CT molecular complexity index is 855. The van der Waals surface area contributed by atoms with E-state index in [1.54, 1.807) is 17.0 Å². The summed E-state index contributed by atoms with van der Waals surface area (Å²) in [4.78, 5) is 27.3. The average molecular weight is 431 g/mol. The number of nitrogens with zero attached hydrogens (tertiary/aromatic N) is 1. The number of fused-ring (bicyclic) bond motifs is 1. The van der Waals surface area contributed by atoms with Gasteiger partial charge in [0, 0.05) is 16.7 Å². The fourth-order valence-electron chi connectivity index (χ4n) is 3.39. The van der Waals surface area contributed by atoms with Crippen LogP contribution in [0.2, 0.25) is 0 Å². The number of halogens is 1. The van der Waals surface area contributed by atoms with Gasteiger partial charge in [0.15, 0.2) is 11.5 Å². The van der Waals surface area contributed by atoms with Crippen LogP contribution in [0.1, 0.15) is 12.8 Å². The second-order valence-electron chi connectivity index (χ2n) is 6.55. The summed E-state index contributed by atoms with van der Waals surface area (Å²) in [6.07, 6.45) is 0.688. The van der Waals surface area contributed by atoms with Crippen molar-refractivity contribution in [2.24, 2.45) is 0 Å². The molecule has 4 rings (SSSR count). The fourth-order valence-corrected chi connectivity index (χ4v) is 3.65. The zero-order chi connectivity index (χ0) is 18.8. The van der Waals surface area contributed by atoms with Crippen molar-refractivity contribution in [2.75, 3.05) is 18.5 Å². The van der Waals surface area contributed by atoms with E-state index in [1.165, 1.54) is 0 Å². The molecule has 0 aromatic heterocycles. The van der Waals surface area contributed by atoms with E-state index in [0.29, 0.717) is 30.2 Å². The largest absolute Gasteiger partial charge is 0.485 e. The van der Waals surface area contributed by atoms with Crippen molar-refractivity contribution in [3.8, 4) is 11.5 Å². The van der Waals surface area contributed by atoms with Gasteiger partial charge in [0.2, 0.25) is 12.0 Å². The summed E-state index contributed by atoms with van der Waals surface area (Å²) in [5, 5.41) is 2.89. The van der Waals surface area contributed by atoms with E-state index in [9.17, 15) is 9.59 Å². The standard InChI is InChI=1S/C20H19BrN2O4/c21-13-7-9-14(10-8-13)22-19(24)15-4-3-11-23(15)20(25)18-12-26-16-5-1-2-6-17(16)27-18/h1-2,5-10,15,18H,3-4,11-12H2,(H,22,24). The van der Waals surface area contributed by atoms with Crippen LogP contribution in [0.15, 0.2) is 53.0 Å². The molecular formula is C20H19BrN2O4. The zero-order valence-electron chi connectivity index (χ0n) is 14.6. The first-order valence-corrected chi connectivity index (χ1v) is 9.66. The highest BCUT2D eigenvalue weighted by molar-refractivity contribution is 9.10. The van der Waals surface area contributed by atoms with Crippen LogP contribution in [-0.2, 0) is 9.59 Å². The van der Waals surface area contributed by atoms with Gasteiger partial charge in [-0.05, 0) is 49.2 Å². The summed E-state index contributed by atoms with van der Waals surface area (Å²) in [5.41, 5.74) is 0.702. The van der Waals surface area contributed by atoms with Gasteiger partial charge in [-0.2, -0.15) is 0 Å². The van der Waals surface area contributed by atoms with Gasteiger partial charge < -0.3 is 19.7 Å². The molecule has 0 radical (unpaired) electrons. The molecule has 0 spiro atoms. The molecule has 2 heterocycles. The molecular weight excluding hydrogens is 412 g/mol. The lowest BCUT2D eigenvalue weighted by Crippen LogP contribution is -2.51. The van der Waals surface area contributed by atoms with E-state index in [4.69, 9.17) is 9.47 Å². The number of hydrogen-bond donors (Lipinski definition) is 1. The van der Waals surface area contributed by atoms with Crippen molar-refractivity contribution < 1.29 is 19.1 Å². The van der Waals surface area contributed by atoms with Crippen molar-refractivity contribution in [1.82, 2.24) is 4.90 Å². The molecule has 1 fully saturated rings. The first-order valence-electron chi connectivity index (χ1n) is 8.87. The second-order valence-corrected chi connectivity index (χ2v) is 7.47. The van der Waals surface area contributed by atoms with E-state index in [1.807, 2.05) is 36.4 Å². The summed E-state index contributed by atoms with van der Waals surface area (Å²) in [5.74, 6) is 0.794. The SMILES string of the molecule is O=C(Nc1ccc(Br)cc1)C1CCCN1C(=O)C1COc2ccccc2O1. The molecule has 2 aromatic carbocycles. The van der Waals surface area contributed by atoms with Crippen LogP contribution in [0, 0.1) is 0 Å². The Morgan fingerprint density at radius 2 is 1.81 bits per heavy atom. The minimum absolute atomic E-state index is 0.146. The third-order valence-electron chi connectivity index (χ3n) is 4.73. The summed E-state index contributed by atoms with van der Waals surface area (Å²) in [6.45, 7) is 0.687. The van der Waals surface area contributed by atoms with Crippen LogP contribution in [0.3, 0.4) is 0 Å². The smallest absolute Gasteiger partial charge is 0.267 e. The summed E-state index contributed by atoms with van der Waals surface area (Å²) in [7, 11) is 0. The summed E-state index contributed by atoms with van der Waals surface area (Å²) >= 11 is 3.37. The fraction of sp³-hybridized carbons (Fsp3) is 0.300. The number of amides is 2. The van der Waals surface area contributed by atoms with Crippen molar-refractivity contribution in [3.05, 3.63) is 53.0 Å². The van der Waals surface area contributed by atoms with E-state index >= 15 is 0 Å². The van der Waals surface area contributed by atoms with Crippen LogP contribution >= 0.6 is 15.9 Å². The Hall–Kier alpha value is -2.54. The van der Waals surface area contributed by atoms with Gasteiger partial charge in [-0.25, -0.2) is 0 Å². The van der Waals surface area contributed by atoms with Crippen LogP contribution in [0.4, 0.5) is 5.69 Å². The van der Waals surface area contributed by atoms with Gasteiger partial charge >= 0.3 is 0 Å². The molecule has 0 saturated carbocycles. The number of likely N-dealkylation sites (tertiary alicyclic amines) is 1. The minimum Gasteiger partial charge on any atom is -0.485 e. The van der Waals surface area contributed by atoms with Gasteiger partial charge in [0.25, 0.3) is 5.91 Å². The minimum atomic E-state index is -0.735. The predicted molar refractivity (Wildman–Crippen MR) is 104 cm³/mol. The number of benzene rings is 2. The van der Waals surface area contributed by atoms with Gasteiger partial charge in [0.1, 0.15) is 12.6 Å². The molecule has 2 atom stereocenters. The molecule has 7 heteroatoms. The normalized spacial score (nSPS) is 21.0. The van der Waals surface area contributed by atoms with E-state index in [-0.39, 0.29) is 18.4 Å². The maximum atomic E-state index is 13.0. The van der Waals surface area contributed by atoms with Crippen LogP contribution < -0.4 is 14.8 Å². The first kappa shape index (κ1) is 17.9. The third-order valence-corrected chi connectivity index (χ3v) is 5.26. The molecule has 140 valence electrons. The molecule has 2 aliphatic heterocycles. The van der Waals surface area contributed by atoms with Gasteiger partial charge in [-0.15, -0.1) is 0 Å². The molecule has 2 unspecified atom stereocenters. The number of carbonyl (C=O) groups is 2. The first-order chi connectivity index (χ1) is 13.1. The maximum absolute atomic E-state index is 13.0. The Morgan fingerprint density at radius 1 is 1.07 bits per heavy atom. The lowest BCUT2D eigenvalue weighted by atomic mass is 10.1. The number of nitrogens with one attached hydrogen (secondary N) is 1. The number of anilines is 1. The Labute approximate surface area is 165 Å². The summed E-state index contributed by atoms with van der Waals surface area (Å²) in [6, 6.07) is 14.1.